The molecule has 0 saturated heterocycles. The fourth-order valence-electron chi connectivity index (χ4n) is 0.742. The minimum atomic E-state index is 0.104. The Morgan fingerprint density at radius 1 is 1.13 bits per heavy atom. The topological polar surface area (TPSA) is 101 Å². The van der Waals surface area contributed by atoms with Crippen LogP contribution in [0.5, 0.6) is 0 Å². The summed E-state index contributed by atoms with van der Waals surface area (Å²) in [7, 11) is 0. The van der Waals surface area contributed by atoms with Crippen molar-refractivity contribution in [3.8, 4) is 0 Å². The molecule has 0 atom stereocenters. The summed E-state index contributed by atoms with van der Waals surface area (Å²) in [5, 5.41) is 8.09. The van der Waals surface area contributed by atoms with E-state index in [4.69, 9.17) is 11.5 Å². The molecule has 0 heterocycles. The third kappa shape index (κ3) is 6.75. The highest BCUT2D eigenvalue weighted by atomic mass is 32.1. The lowest BCUT2D eigenvalue weighted by molar-refractivity contribution is 1.01. The predicted molar refractivity (Wildman–Crippen MR) is 70.7 cm³/mol. The Bertz CT molecular complexity index is 309. The van der Waals surface area contributed by atoms with Crippen LogP contribution in [-0.4, -0.2) is 21.6 Å². The summed E-state index contributed by atoms with van der Waals surface area (Å²) in [5.74, 6) is 0. The number of rotatable bonds is 4. The molecule has 0 radical (unpaired) electrons. The van der Waals surface area contributed by atoms with Gasteiger partial charge in [-0.25, -0.2) is 0 Å². The van der Waals surface area contributed by atoms with Gasteiger partial charge in [0.05, 0.1) is 11.4 Å². The Kier molecular flexibility index (Phi) is 6.47. The van der Waals surface area contributed by atoms with Crippen LogP contribution in [0.15, 0.2) is 10.2 Å². The molecule has 84 valence electrons. The first-order valence-electron chi connectivity index (χ1n) is 4.19. The van der Waals surface area contributed by atoms with Crippen molar-refractivity contribution in [1.29, 1.82) is 0 Å². The smallest absolute Gasteiger partial charge is 0.184 e. The summed E-state index contributed by atoms with van der Waals surface area (Å²) in [6.07, 6.45) is 0.684. The zero-order valence-electron chi connectivity index (χ0n) is 8.57. The van der Waals surface area contributed by atoms with Gasteiger partial charge in [-0.3, -0.25) is 10.9 Å². The van der Waals surface area contributed by atoms with Crippen LogP contribution in [0.25, 0.3) is 0 Å². The SMILES string of the molecule is CCC(=N\NC(N)=S)/C(C)=N/NC(N)=S. The van der Waals surface area contributed by atoms with Crippen molar-refractivity contribution >= 4 is 46.1 Å². The molecule has 0 aromatic carbocycles. The highest BCUT2D eigenvalue weighted by Gasteiger charge is 2.01. The molecule has 0 saturated carbocycles. The third-order valence-corrected chi connectivity index (χ3v) is 1.57. The van der Waals surface area contributed by atoms with E-state index >= 15 is 0 Å². The van der Waals surface area contributed by atoms with E-state index in [0.717, 1.165) is 0 Å². The van der Waals surface area contributed by atoms with Gasteiger partial charge in [-0.2, -0.15) is 10.2 Å². The van der Waals surface area contributed by atoms with Crippen molar-refractivity contribution in [1.82, 2.24) is 10.9 Å². The number of nitrogens with two attached hydrogens (primary N) is 2. The lowest BCUT2D eigenvalue weighted by Gasteiger charge is -2.04. The maximum absolute atomic E-state index is 5.23. The van der Waals surface area contributed by atoms with Gasteiger partial charge in [0.25, 0.3) is 0 Å². The third-order valence-electron chi connectivity index (χ3n) is 1.39. The quantitative estimate of drug-likeness (QED) is 0.311. The van der Waals surface area contributed by atoms with E-state index in [1.807, 2.05) is 6.92 Å². The molecular formula is C7H14N6S2. The lowest BCUT2D eigenvalue weighted by Crippen LogP contribution is -2.29. The normalized spacial score (nSPS) is 12.1. The first kappa shape index (κ1) is 13.7. The summed E-state index contributed by atoms with van der Waals surface area (Å²) in [6.45, 7) is 3.70. The molecule has 0 rings (SSSR count). The van der Waals surface area contributed by atoms with Crippen molar-refractivity contribution in [3.05, 3.63) is 0 Å². The molecule has 0 aliphatic rings. The van der Waals surface area contributed by atoms with Gasteiger partial charge in [0.2, 0.25) is 0 Å². The summed E-state index contributed by atoms with van der Waals surface area (Å²) in [4.78, 5) is 0. The zero-order valence-corrected chi connectivity index (χ0v) is 10.2. The highest BCUT2D eigenvalue weighted by Crippen LogP contribution is 1.89. The van der Waals surface area contributed by atoms with E-state index < -0.39 is 0 Å². The Morgan fingerprint density at radius 3 is 2.00 bits per heavy atom. The summed E-state index contributed by atoms with van der Waals surface area (Å²) < 4.78 is 0. The van der Waals surface area contributed by atoms with Gasteiger partial charge in [-0.1, -0.05) is 6.92 Å². The zero-order chi connectivity index (χ0) is 11.8. The second kappa shape index (κ2) is 7.07. The Labute approximate surface area is 99.2 Å². The van der Waals surface area contributed by atoms with Gasteiger partial charge in [0.15, 0.2) is 10.2 Å². The van der Waals surface area contributed by atoms with Crippen LogP contribution in [0, 0.1) is 0 Å². The van der Waals surface area contributed by atoms with E-state index in [1.54, 1.807) is 6.92 Å². The van der Waals surface area contributed by atoms with Crippen LogP contribution in [0.1, 0.15) is 20.3 Å². The van der Waals surface area contributed by atoms with Gasteiger partial charge in [-0.05, 0) is 37.8 Å². The van der Waals surface area contributed by atoms with Crippen molar-refractivity contribution in [3.63, 3.8) is 0 Å². The van der Waals surface area contributed by atoms with Crippen molar-refractivity contribution in [2.45, 2.75) is 20.3 Å². The van der Waals surface area contributed by atoms with Gasteiger partial charge < -0.3 is 11.5 Å². The number of hydrazone groups is 2. The van der Waals surface area contributed by atoms with Crippen LogP contribution in [0.3, 0.4) is 0 Å². The fourth-order valence-corrected chi connectivity index (χ4v) is 0.833. The Balaban J connectivity index is 4.51. The second-order valence-electron chi connectivity index (χ2n) is 2.56. The molecule has 0 aliphatic carbocycles. The number of hydrogen-bond donors (Lipinski definition) is 4. The van der Waals surface area contributed by atoms with Gasteiger partial charge in [0, 0.05) is 0 Å². The summed E-state index contributed by atoms with van der Waals surface area (Å²) >= 11 is 9.22. The van der Waals surface area contributed by atoms with Crippen molar-refractivity contribution < 1.29 is 0 Å². The lowest BCUT2D eigenvalue weighted by atomic mass is 10.2. The first-order valence-corrected chi connectivity index (χ1v) is 5.01. The maximum atomic E-state index is 5.23. The molecule has 15 heavy (non-hydrogen) atoms. The van der Waals surface area contributed by atoms with E-state index in [0.29, 0.717) is 17.8 Å². The number of nitrogens with zero attached hydrogens (tertiary/aromatic N) is 2. The average molecular weight is 246 g/mol. The maximum Gasteiger partial charge on any atom is 0.184 e. The average Bonchev–Trinajstić information content (AvgIpc) is 2.15. The molecule has 6 nitrogen and oxygen atoms in total. The van der Waals surface area contributed by atoms with Crippen LogP contribution < -0.4 is 22.3 Å². The summed E-state index contributed by atoms with van der Waals surface area (Å²) in [6, 6.07) is 0. The van der Waals surface area contributed by atoms with E-state index in [2.05, 4.69) is 45.5 Å². The molecule has 0 aromatic rings. The van der Waals surface area contributed by atoms with Crippen LogP contribution >= 0.6 is 24.4 Å². The highest BCUT2D eigenvalue weighted by molar-refractivity contribution is 7.80. The summed E-state index contributed by atoms with van der Waals surface area (Å²) in [5.41, 5.74) is 16.8. The molecule has 0 aromatic heterocycles. The van der Waals surface area contributed by atoms with Gasteiger partial charge in [-0.15, -0.1) is 0 Å². The first-order chi connectivity index (χ1) is 6.97. The van der Waals surface area contributed by atoms with Gasteiger partial charge in [0.1, 0.15) is 0 Å². The van der Waals surface area contributed by atoms with E-state index in [9.17, 15) is 0 Å². The molecule has 0 unspecified atom stereocenters. The monoisotopic (exact) mass is 246 g/mol. The van der Waals surface area contributed by atoms with Crippen molar-refractivity contribution in [2.75, 3.05) is 0 Å². The minimum Gasteiger partial charge on any atom is -0.375 e. The Morgan fingerprint density at radius 2 is 1.60 bits per heavy atom. The standard InChI is InChI=1S/C7H14N6S2/c1-3-5(11-13-7(9)15)4(2)10-12-6(8)14/h3H2,1-2H3,(H3,8,12,14)(H3,9,13,15)/b10-4+,11-5+. The molecule has 0 amide bonds. The Hall–Kier alpha value is -1.28. The van der Waals surface area contributed by atoms with Crippen LogP contribution in [0.4, 0.5) is 0 Å². The van der Waals surface area contributed by atoms with Crippen LogP contribution in [-0.2, 0) is 0 Å². The van der Waals surface area contributed by atoms with E-state index in [-0.39, 0.29) is 10.2 Å². The molecule has 6 N–H and O–H groups in total. The number of hydrogen-bond acceptors (Lipinski definition) is 4. The molecule has 0 aliphatic heterocycles. The molecular weight excluding hydrogens is 232 g/mol. The second-order valence-corrected chi connectivity index (χ2v) is 3.44. The fraction of sp³-hybridized carbons (Fsp3) is 0.429. The van der Waals surface area contributed by atoms with Crippen LogP contribution in [0.2, 0.25) is 0 Å². The largest absolute Gasteiger partial charge is 0.375 e. The number of thiocarbonyl (C=S) groups is 2. The predicted octanol–water partition coefficient (Wildman–Crippen LogP) is -0.205. The molecule has 8 heteroatoms. The minimum absolute atomic E-state index is 0.104. The van der Waals surface area contributed by atoms with Gasteiger partial charge >= 0.3 is 0 Å². The van der Waals surface area contributed by atoms with E-state index in [1.165, 1.54) is 0 Å². The van der Waals surface area contributed by atoms with Crippen molar-refractivity contribution in [2.24, 2.45) is 21.7 Å². The molecule has 0 spiro atoms. The number of nitrogens with one attached hydrogen (secondary N) is 2. The molecule has 0 fully saturated rings. The molecule has 0 bridgehead atoms.